The van der Waals surface area contributed by atoms with Crippen LogP contribution in [0.2, 0.25) is 0 Å². The first-order valence-electron chi connectivity index (χ1n) is 4.93. The van der Waals surface area contributed by atoms with Crippen LogP contribution in [0, 0.1) is 5.92 Å². The van der Waals surface area contributed by atoms with Crippen LogP contribution in [0.15, 0.2) is 12.2 Å². The van der Waals surface area contributed by atoms with E-state index < -0.39 is 0 Å². The van der Waals surface area contributed by atoms with Gasteiger partial charge in [-0.15, -0.1) is 0 Å². The highest BCUT2D eigenvalue weighted by Crippen LogP contribution is 2.15. The fourth-order valence-electron chi connectivity index (χ4n) is 1.06. The van der Waals surface area contributed by atoms with Crippen molar-refractivity contribution in [2.24, 2.45) is 5.92 Å². The van der Waals surface area contributed by atoms with Crippen molar-refractivity contribution in [1.82, 2.24) is 0 Å². The normalized spacial score (nSPS) is 14.6. The molecule has 0 heterocycles. The summed E-state index contributed by atoms with van der Waals surface area (Å²) in [5.41, 5.74) is 0.468. The Morgan fingerprint density at radius 3 is 2.50 bits per heavy atom. The number of halogens is 1. The second-order valence-electron chi connectivity index (χ2n) is 3.71. The Kier molecular flexibility index (Phi) is 6.89. The minimum Gasteiger partial charge on any atom is -0.459 e. The topological polar surface area (TPSA) is 26.3 Å². The molecule has 0 fully saturated rings. The fraction of sp³-hybridized carbons (Fsp3) is 0.727. The Morgan fingerprint density at radius 1 is 1.57 bits per heavy atom. The van der Waals surface area contributed by atoms with Crippen molar-refractivity contribution in [2.75, 3.05) is 5.33 Å². The van der Waals surface area contributed by atoms with E-state index in [1.165, 1.54) is 0 Å². The molecule has 0 N–H and O–H groups in total. The van der Waals surface area contributed by atoms with Crippen LogP contribution in [-0.2, 0) is 9.53 Å². The minimum absolute atomic E-state index is 0.0201. The van der Waals surface area contributed by atoms with Crippen molar-refractivity contribution in [3.8, 4) is 0 Å². The lowest BCUT2D eigenvalue weighted by molar-refractivity contribution is -0.145. The molecule has 0 aliphatic heterocycles. The van der Waals surface area contributed by atoms with E-state index in [0.29, 0.717) is 11.5 Å². The summed E-state index contributed by atoms with van der Waals surface area (Å²) in [7, 11) is 0. The molecular weight excluding hydrogens is 244 g/mol. The zero-order chi connectivity index (χ0) is 11.1. The average molecular weight is 263 g/mol. The van der Waals surface area contributed by atoms with Gasteiger partial charge >= 0.3 is 5.97 Å². The zero-order valence-electron chi connectivity index (χ0n) is 9.18. The molecule has 0 aliphatic rings. The van der Waals surface area contributed by atoms with Gasteiger partial charge in [0.1, 0.15) is 6.10 Å². The Hall–Kier alpha value is -0.310. The van der Waals surface area contributed by atoms with Gasteiger partial charge in [0, 0.05) is 10.9 Å². The largest absolute Gasteiger partial charge is 0.459 e. The number of ether oxygens (including phenoxy) is 1. The third-order valence-electron chi connectivity index (χ3n) is 2.01. The van der Waals surface area contributed by atoms with Crippen molar-refractivity contribution in [2.45, 2.75) is 39.7 Å². The smallest absolute Gasteiger partial charge is 0.333 e. The van der Waals surface area contributed by atoms with Crippen molar-refractivity contribution in [3.63, 3.8) is 0 Å². The molecule has 2 atom stereocenters. The van der Waals surface area contributed by atoms with Gasteiger partial charge in [-0.05, 0) is 25.7 Å². The molecule has 3 heteroatoms. The first-order chi connectivity index (χ1) is 6.51. The second-order valence-corrected chi connectivity index (χ2v) is 4.36. The van der Waals surface area contributed by atoms with Gasteiger partial charge in [0.15, 0.2) is 0 Å². The van der Waals surface area contributed by atoms with E-state index in [9.17, 15) is 4.79 Å². The highest BCUT2D eigenvalue weighted by atomic mass is 79.9. The molecule has 2 unspecified atom stereocenters. The van der Waals surface area contributed by atoms with Crippen molar-refractivity contribution < 1.29 is 9.53 Å². The number of carbonyl (C=O) groups is 1. The standard InChI is InChI=1S/C11H19BrO2/c1-5-10(6-9(4)7-12)14-11(13)8(2)3/h9-10H,2,5-7H2,1,3-4H3. The van der Waals surface area contributed by atoms with Crippen LogP contribution in [0.1, 0.15) is 33.6 Å². The summed E-state index contributed by atoms with van der Waals surface area (Å²) >= 11 is 3.41. The molecule has 0 aromatic heterocycles. The van der Waals surface area contributed by atoms with Gasteiger partial charge in [0.25, 0.3) is 0 Å². The molecule has 0 saturated carbocycles. The molecular formula is C11H19BrO2. The maximum atomic E-state index is 11.2. The van der Waals surface area contributed by atoms with Crippen LogP contribution in [0.4, 0.5) is 0 Å². The lowest BCUT2D eigenvalue weighted by Gasteiger charge is -2.18. The fourth-order valence-corrected chi connectivity index (χ4v) is 1.33. The second kappa shape index (κ2) is 7.04. The summed E-state index contributed by atoms with van der Waals surface area (Å²) < 4.78 is 5.27. The quantitative estimate of drug-likeness (QED) is 0.417. The average Bonchev–Trinajstić information content (AvgIpc) is 2.16. The Bertz CT molecular complexity index is 201. The van der Waals surface area contributed by atoms with Gasteiger partial charge in [-0.25, -0.2) is 4.79 Å². The van der Waals surface area contributed by atoms with Crippen LogP contribution in [0.3, 0.4) is 0 Å². The summed E-state index contributed by atoms with van der Waals surface area (Å²) in [5.74, 6) is 0.247. The van der Waals surface area contributed by atoms with Crippen molar-refractivity contribution in [3.05, 3.63) is 12.2 Å². The molecule has 0 radical (unpaired) electrons. The summed E-state index contributed by atoms with van der Waals surface area (Å²) in [6.07, 6.45) is 1.78. The van der Waals surface area contributed by atoms with Crippen molar-refractivity contribution in [1.29, 1.82) is 0 Å². The molecule has 0 rings (SSSR count). The molecule has 0 aromatic carbocycles. The number of hydrogen-bond donors (Lipinski definition) is 0. The first kappa shape index (κ1) is 13.7. The molecule has 82 valence electrons. The number of carbonyl (C=O) groups excluding carboxylic acids is 1. The van der Waals surface area contributed by atoms with Crippen LogP contribution in [0.5, 0.6) is 0 Å². The highest BCUT2D eigenvalue weighted by Gasteiger charge is 2.15. The molecule has 0 amide bonds. The van der Waals surface area contributed by atoms with Gasteiger partial charge in [-0.3, -0.25) is 0 Å². The van der Waals surface area contributed by atoms with Crippen LogP contribution in [0.25, 0.3) is 0 Å². The summed E-state index contributed by atoms with van der Waals surface area (Å²) in [6, 6.07) is 0. The lowest BCUT2D eigenvalue weighted by atomic mass is 10.0. The van der Waals surface area contributed by atoms with E-state index in [2.05, 4.69) is 29.4 Å². The molecule has 2 nitrogen and oxygen atoms in total. The van der Waals surface area contributed by atoms with E-state index in [1.54, 1.807) is 6.92 Å². The number of alkyl halides is 1. The Labute approximate surface area is 94.8 Å². The van der Waals surface area contributed by atoms with Gasteiger partial charge < -0.3 is 4.74 Å². The van der Waals surface area contributed by atoms with Gasteiger partial charge in [0.2, 0.25) is 0 Å². The van der Waals surface area contributed by atoms with Gasteiger partial charge in [0.05, 0.1) is 0 Å². The predicted octanol–water partition coefficient (Wildman–Crippen LogP) is 3.31. The molecule has 0 bridgehead atoms. The molecule has 0 aromatic rings. The SMILES string of the molecule is C=C(C)C(=O)OC(CC)CC(C)CBr. The van der Waals surface area contributed by atoms with E-state index in [4.69, 9.17) is 4.74 Å². The number of esters is 1. The van der Waals surface area contributed by atoms with E-state index in [-0.39, 0.29) is 12.1 Å². The lowest BCUT2D eigenvalue weighted by Crippen LogP contribution is -2.20. The number of rotatable bonds is 6. The molecule has 0 aliphatic carbocycles. The van der Waals surface area contributed by atoms with E-state index >= 15 is 0 Å². The third kappa shape index (κ3) is 5.43. The van der Waals surface area contributed by atoms with E-state index in [1.807, 2.05) is 6.92 Å². The maximum absolute atomic E-state index is 11.2. The van der Waals surface area contributed by atoms with Gasteiger partial charge in [-0.2, -0.15) is 0 Å². The summed E-state index contributed by atoms with van der Waals surface area (Å²) in [4.78, 5) is 11.2. The first-order valence-corrected chi connectivity index (χ1v) is 6.05. The molecule has 0 spiro atoms. The zero-order valence-corrected chi connectivity index (χ0v) is 10.8. The van der Waals surface area contributed by atoms with E-state index in [0.717, 1.165) is 18.2 Å². The molecule has 14 heavy (non-hydrogen) atoms. The maximum Gasteiger partial charge on any atom is 0.333 e. The predicted molar refractivity (Wildman–Crippen MR) is 62.6 cm³/mol. The minimum atomic E-state index is -0.279. The van der Waals surface area contributed by atoms with Crippen LogP contribution in [-0.4, -0.2) is 17.4 Å². The summed E-state index contributed by atoms with van der Waals surface area (Å²) in [6.45, 7) is 9.38. The summed E-state index contributed by atoms with van der Waals surface area (Å²) in [5, 5.41) is 0.939. The number of hydrogen-bond acceptors (Lipinski definition) is 2. The Balaban J connectivity index is 4.02. The van der Waals surface area contributed by atoms with Crippen LogP contribution >= 0.6 is 15.9 Å². The van der Waals surface area contributed by atoms with Crippen molar-refractivity contribution >= 4 is 21.9 Å². The van der Waals surface area contributed by atoms with Gasteiger partial charge in [-0.1, -0.05) is 36.4 Å². The highest BCUT2D eigenvalue weighted by molar-refractivity contribution is 9.09. The monoisotopic (exact) mass is 262 g/mol. The Morgan fingerprint density at radius 2 is 2.14 bits per heavy atom. The molecule has 0 saturated heterocycles. The van der Waals surface area contributed by atoms with Crippen LogP contribution < -0.4 is 0 Å². The third-order valence-corrected chi connectivity index (χ3v) is 3.11.